The van der Waals surface area contributed by atoms with Gasteiger partial charge in [0.15, 0.2) is 5.76 Å². The van der Waals surface area contributed by atoms with E-state index in [9.17, 15) is 10.1 Å². The number of nitro benzene ring substituents is 1. The van der Waals surface area contributed by atoms with Gasteiger partial charge < -0.3 is 9.84 Å². The van der Waals surface area contributed by atoms with Gasteiger partial charge in [-0.3, -0.25) is 10.1 Å². The summed E-state index contributed by atoms with van der Waals surface area (Å²) in [7, 11) is 0. The molecule has 0 unspecified atom stereocenters. The van der Waals surface area contributed by atoms with Crippen LogP contribution in [0.5, 0.6) is 0 Å². The minimum absolute atomic E-state index is 0.0575. The van der Waals surface area contributed by atoms with Crippen molar-refractivity contribution in [3.8, 4) is 0 Å². The maximum absolute atomic E-state index is 10.7. The van der Waals surface area contributed by atoms with E-state index in [0.29, 0.717) is 17.9 Å². The molecule has 1 aromatic carbocycles. The van der Waals surface area contributed by atoms with Crippen LogP contribution in [-0.2, 0) is 6.54 Å². The molecule has 0 aliphatic carbocycles. The first-order chi connectivity index (χ1) is 10.1. The number of nitro groups is 1. The number of aryl methyl sites for hydroxylation is 1. The first-order valence-electron chi connectivity index (χ1n) is 6.33. The molecule has 0 aliphatic heterocycles. The topological polar surface area (TPSA) is 94.1 Å². The van der Waals surface area contributed by atoms with Crippen LogP contribution in [0, 0.1) is 17.0 Å². The van der Waals surface area contributed by atoms with E-state index in [-0.39, 0.29) is 5.69 Å². The van der Waals surface area contributed by atoms with Crippen LogP contribution < -0.4 is 5.32 Å². The number of rotatable bonds is 4. The summed E-state index contributed by atoms with van der Waals surface area (Å²) in [6, 6.07) is 10.00. The summed E-state index contributed by atoms with van der Waals surface area (Å²) in [5, 5.41) is 18.4. The lowest BCUT2D eigenvalue weighted by Gasteiger charge is -2.04. The third-order valence-corrected chi connectivity index (χ3v) is 3.00. The van der Waals surface area contributed by atoms with E-state index in [1.54, 1.807) is 18.2 Å². The molecule has 0 atom stereocenters. The number of nitrogens with one attached hydrogen (secondary N) is 1. The van der Waals surface area contributed by atoms with Crippen molar-refractivity contribution in [3.63, 3.8) is 0 Å². The smallest absolute Gasteiger partial charge is 0.270 e. The van der Waals surface area contributed by atoms with Gasteiger partial charge in [0.25, 0.3) is 5.69 Å². The monoisotopic (exact) mass is 284 g/mol. The minimum atomic E-state index is -0.419. The summed E-state index contributed by atoms with van der Waals surface area (Å²) in [4.78, 5) is 14.7. The maximum Gasteiger partial charge on any atom is 0.270 e. The summed E-state index contributed by atoms with van der Waals surface area (Å²) in [6.45, 7) is 2.33. The normalized spacial score (nSPS) is 10.7. The van der Waals surface area contributed by atoms with E-state index < -0.39 is 4.92 Å². The maximum atomic E-state index is 10.7. The SMILES string of the molecule is Cc1cc(CNc2ccc3cc([N+](=O)[O-])ccc3n2)on1. The molecule has 3 rings (SSSR count). The van der Waals surface area contributed by atoms with Crippen LogP contribution in [0.3, 0.4) is 0 Å². The summed E-state index contributed by atoms with van der Waals surface area (Å²) in [6.07, 6.45) is 0. The van der Waals surface area contributed by atoms with Gasteiger partial charge in [-0.25, -0.2) is 4.98 Å². The molecule has 7 nitrogen and oxygen atoms in total. The van der Waals surface area contributed by atoms with Crippen LogP contribution in [0.2, 0.25) is 0 Å². The Kier molecular flexibility index (Phi) is 3.23. The Morgan fingerprint density at radius 2 is 2.14 bits per heavy atom. The van der Waals surface area contributed by atoms with Crippen molar-refractivity contribution in [2.24, 2.45) is 0 Å². The Balaban J connectivity index is 1.80. The highest BCUT2D eigenvalue weighted by Gasteiger charge is 2.07. The highest BCUT2D eigenvalue weighted by molar-refractivity contribution is 5.82. The van der Waals surface area contributed by atoms with E-state index in [1.807, 2.05) is 13.0 Å². The second kappa shape index (κ2) is 5.20. The molecule has 0 saturated carbocycles. The van der Waals surface area contributed by atoms with Gasteiger partial charge in [0.2, 0.25) is 0 Å². The van der Waals surface area contributed by atoms with Crippen molar-refractivity contribution in [1.82, 2.24) is 10.1 Å². The molecule has 0 bridgehead atoms. The Hall–Kier alpha value is -2.96. The number of non-ortho nitro benzene ring substituents is 1. The fourth-order valence-corrected chi connectivity index (χ4v) is 2.00. The molecule has 21 heavy (non-hydrogen) atoms. The molecule has 0 radical (unpaired) electrons. The third kappa shape index (κ3) is 2.81. The van der Waals surface area contributed by atoms with E-state index >= 15 is 0 Å². The summed E-state index contributed by atoms with van der Waals surface area (Å²) >= 11 is 0. The summed E-state index contributed by atoms with van der Waals surface area (Å²) in [5.41, 5.74) is 1.58. The first-order valence-corrected chi connectivity index (χ1v) is 6.33. The molecule has 0 amide bonds. The molecule has 0 aliphatic rings. The number of hydrogen-bond acceptors (Lipinski definition) is 6. The predicted octanol–water partition coefficient (Wildman–Crippen LogP) is 3.05. The van der Waals surface area contributed by atoms with Crippen LogP contribution in [0.1, 0.15) is 11.5 Å². The zero-order valence-corrected chi connectivity index (χ0v) is 11.2. The van der Waals surface area contributed by atoms with Crippen molar-refractivity contribution < 1.29 is 9.45 Å². The molecule has 0 spiro atoms. The van der Waals surface area contributed by atoms with Crippen LogP contribution in [-0.4, -0.2) is 15.1 Å². The highest BCUT2D eigenvalue weighted by atomic mass is 16.6. The Morgan fingerprint density at radius 1 is 1.29 bits per heavy atom. The zero-order chi connectivity index (χ0) is 14.8. The number of fused-ring (bicyclic) bond motifs is 1. The van der Waals surface area contributed by atoms with Gasteiger partial charge in [-0.15, -0.1) is 0 Å². The van der Waals surface area contributed by atoms with Crippen molar-refractivity contribution in [2.75, 3.05) is 5.32 Å². The minimum Gasteiger partial charge on any atom is -0.363 e. The molecule has 1 N–H and O–H groups in total. The van der Waals surface area contributed by atoms with Gasteiger partial charge in [0.05, 0.1) is 22.7 Å². The number of hydrogen-bond donors (Lipinski definition) is 1. The second-order valence-corrected chi connectivity index (χ2v) is 4.62. The number of benzene rings is 1. The third-order valence-electron chi connectivity index (χ3n) is 3.00. The lowest BCUT2D eigenvalue weighted by Crippen LogP contribution is -2.00. The molecule has 7 heteroatoms. The fourth-order valence-electron chi connectivity index (χ4n) is 2.00. The van der Waals surface area contributed by atoms with E-state index in [1.165, 1.54) is 12.1 Å². The number of nitrogens with zero attached hydrogens (tertiary/aromatic N) is 3. The van der Waals surface area contributed by atoms with E-state index in [2.05, 4.69) is 15.5 Å². The largest absolute Gasteiger partial charge is 0.363 e. The first kappa shape index (κ1) is 13.0. The molecular weight excluding hydrogens is 272 g/mol. The molecule has 2 aromatic heterocycles. The Bertz CT molecular complexity index is 813. The van der Waals surface area contributed by atoms with E-state index in [4.69, 9.17) is 4.52 Å². The highest BCUT2D eigenvalue weighted by Crippen LogP contribution is 2.21. The van der Waals surface area contributed by atoms with Gasteiger partial charge in [-0.2, -0.15) is 0 Å². The zero-order valence-electron chi connectivity index (χ0n) is 11.2. The van der Waals surface area contributed by atoms with Gasteiger partial charge in [-0.05, 0) is 25.1 Å². The standard InChI is InChI=1S/C14H12N4O3/c1-9-6-12(21-17-9)8-15-14-5-2-10-7-11(18(19)20)3-4-13(10)16-14/h2-7H,8H2,1H3,(H,15,16). The molecule has 0 fully saturated rings. The lowest BCUT2D eigenvalue weighted by atomic mass is 10.2. The number of anilines is 1. The van der Waals surface area contributed by atoms with E-state index in [0.717, 1.165) is 16.8 Å². The average molecular weight is 284 g/mol. The van der Waals surface area contributed by atoms with Crippen molar-refractivity contribution >= 4 is 22.4 Å². The number of pyridine rings is 1. The Labute approximate surface area is 119 Å². The molecule has 106 valence electrons. The van der Waals surface area contributed by atoms with Crippen molar-refractivity contribution in [1.29, 1.82) is 0 Å². The van der Waals surface area contributed by atoms with Gasteiger partial charge in [0, 0.05) is 23.6 Å². The Morgan fingerprint density at radius 3 is 2.86 bits per heavy atom. The predicted molar refractivity (Wildman–Crippen MR) is 77.0 cm³/mol. The summed E-state index contributed by atoms with van der Waals surface area (Å²) < 4.78 is 5.10. The molecule has 0 saturated heterocycles. The fraction of sp³-hybridized carbons (Fsp3) is 0.143. The van der Waals surface area contributed by atoms with Crippen LogP contribution in [0.15, 0.2) is 40.9 Å². The summed E-state index contributed by atoms with van der Waals surface area (Å²) in [5.74, 6) is 1.39. The lowest BCUT2D eigenvalue weighted by molar-refractivity contribution is -0.384. The van der Waals surface area contributed by atoms with Crippen LogP contribution >= 0.6 is 0 Å². The van der Waals surface area contributed by atoms with Gasteiger partial charge >= 0.3 is 0 Å². The van der Waals surface area contributed by atoms with Crippen molar-refractivity contribution in [3.05, 3.63) is 58.0 Å². The van der Waals surface area contributed by atoms with Crippen LogP contribution in [0.4, 0.5) is 11.5 Å². The molecule has 3 aromatic rings. The molecule has 2 heterocycles. The van der Waals surface area contributed by atoms with Gasteiger partial charge in [0.1, 0.15) is 5.82 Å². The molecular formula is C14H12N4O3. The van der Waals surface area contributed by atoms with Crippen molar-refractivity contribution in [2.45, 2.75) is 13.5 Å². The van der Waals surface area contributed by atoms with Gasteiger partial charge in [-0.1, -0.05) is 5.16 Å². The van der Waals surface area contributed by atoms with Crippen LogP contribution in [0.25, 0.3) is 10.9 Å². The average Bonchev–Trinajstić information content (AvgIpc) is 2.90. The second-order valence-electron chi connectivity index (χ2n) is 4.62. The quantitative estimate of drug-likeness (QED) is 0.584. The number of aromatic nitrogens is 2.